The molecule has 3 rings (SSSR count). The number of furan rings is 1. The van der Waals surface area contributed by atoms with Gasteiger partial charge in [-0.2, -0.15) is 0 Å². The number of pyridine rings is 1. The van der Waals surface area contributed by atoms with Crippen molar-refractivity contribution < 1.29 is 9.21 Å². The van der Waals surface area contributed by atoms with E-state index in [9.17, 15) is 4.79 Å². The summed E-state index contributed by atoms with van der Waals surface area (Å²) >= 11 is 0. The minimum Gasteiger partial charge on any atom is -0.449 e. The Balaban J connectivity index is 1.69. The van der Waals surface area contributed by atoms with E-state index in [2.05, 4.69) is 22.5 Å². The monoisotopic (exact) mass is 287 g/mol. The lowest BCUT2D eigenvalue weighted by Gasteiger charge is -2.33. The van der Waals surface area contributed by atoms with Crippen molar-refractivity contribution in [1.82, 2.24) is 15.6 Å². The highest BCUT2D eigenvalue weighted by Crippen LogP contribution is 2.27. The second-order valence-corrected chi connectivity index (χ2v) is 6.19. The lowest BCUT2D eigenvalue weighted by Crippen LogP contribution is -2.42. The van der Waals surface area contributed by atoms with Crippen LogP contribution in [0.25, 0.3) is 11.1 Å². The second kappa shape index (κ2) is 5.48. The number of piperidine rings is 1. The van der Waals surface area contributed by atoms with Gasteiger partial charge in [0.1, 0.15) is 5.52 Å². The van der Waals surface area contributed by atoms with Crippen molar-refractivity contribution in [2.75, 3.05) is 19.6 Å². The van der Waals surface area contributed by atoms with Gasteiger partial charge in [0.15, 0.2) is 11.3 Å². The van der Waals surface area contributed by atoms with Gasteiger partial charge in [0.25, 0.3) is 5.91 Å². The van der Waals surface area contributed by atoms with Crippen molar-refractivity contribution in [3.63, 3.8) is 0 Å². The highest BCUT2D eigenvalue weighted by Gasteiger charge is 2.27. The molecule has 0 atom stereocenters. The maximum absolute atomic E-state index is 12.2. The molecular formula is C16H21N3O2. The molecule has 1 saturated heterocycles. The molecular weight excluding hydrogens is 266 g/mol. The Morgan fingerprint density at radius 3 is 2.95 bits per heavy atom. The summed E-state index contributed by atoms with van der Waals surface area (Å²) in [5.41, 5.74) is 2.46. The van der Waals surface area contributed by atoms with Crippen LogP contribution in [0.15, 0.2) is 22.6 Å². The molecule has 1 fully saturated rings. The molecule has 5 heteroatoms. The summed E-state index contributed by atoms with van der Waals surface area (Å²) in [4.78, 5) is 16.6. The van der Waals surface area contributed by atoms with Crippen LogP contribution in [0, 0.1) is 12.3 Å². The van der Waals surface area contributed by atoms with Crippen molar-refractivity contribution in [3.05, 3.63) is 29.7 Å². The van der Waals surface area contributed by atoms with Crippen molar-refractivity contribution in [3.8, 4) is 0 Å². The van der Waals surface area contributed by atoms with Crippen LogP contribution in [-0.4, -0.2) is 30.5 Å². The number of hydrogen-bond donors (Lipinski definition) is 2. The van der Waals surface area contributed by atoms with E-state index in [4.69, 9.17) is 4.42 Å². The Morgan fingerprint density at radius 1 is 1.43 bits per heavy atom. The number of hydrogen-bond acceptors (Lipinski definition) is 4. The summed E-state index contributed by atoms with van der Waals surface area (Å²) in [5.74, 6) is 0.172. The minimum atomic E-state index is -0.162. The van der Waals surface area contributed by atoms with E-state index in [1.165, 1.54) is 0 Å². The Morgan fingerprint density at radius 2 is 2.19 bits per heavy atom. The average molecular weight is 287 g/mol. The predicted molar refractivity (Wildman–Crippen MR) is 81.3 cm³/mol. The van der Waals surface area contributed by atoms with E-state index >= 15 is 0 Å². The third-order valence-corrected chi connectivity index (χ3v) is 4.22. The standard InChI is InChI=1S/C16H21N3O2/c1-11-3-4-13-12(19-11)9-14(21-13)15(20)18-10-16(2)5-7-17-8-6-16/h3-4,9,17H,5-8,10H2,1-2H3,(H,18,20). The fourth-order valence-corrected chi connectivity index (χ4v) is 2.73. The summed E-state index contributed by atoms with van der Waals surface area (Å²) in [6, 6.07) is 5.44. The molecule has 3 heterocycles. The highest BCUT2D eigenvalue weighted by molar-refractivity contribution is 5.95. The number of rotatable bonds is 3. The molecule has 21 heavy (non-hydrogen) atoms. The van der Waals surface area contributed by atoms with Crippen LogP contribution in [0.1, 0.15) is 36.0 Å². The van der Waals surface area contributed by atoms with Crippen LogP contribution in [-0.2, 0) is 0 Å². The van der Waals surface area contributed by atoms with E-state index in [1.807, 2.05) is 19.1 Å². The molecule has 0 spiro atoms. The molecule has 1 aliphatic heterocycles. The fourth-order valence-electron chi connectivity index (χ4n) is 2.73. The summed E-state index contributed by atoms with van der Waals surface area (Å²) in [6.45, 7) is 6.85. The van der Waals surface area contributed by atoms with Crippen LogP contribution in [0.4, 0.5) is 0 Å². The van der Waals surface area contributed by atoms with E-state index in [0.717, 1.165) is 37.1 Å². The summed E-state index contributed by atoms with van der Waals surface area (Å²) < 4.78 is 5.57. The van der Waals surface area contributed by atoms with Gasteiger partial charge in [0, 0.05) is 18.3 Å². The van der Waals surface area contributed by atoms with Crippen molar-refractivity contribution in [2.45, 2.75) is 26.7 Å². The van der Waals surface area contributed by atoms with Crippen molar-refractivity contribution >= 4 is 17.0 Å². The van der Waals surface area contributed by atoms with Gasteiger partial charge in [0.2, 0.25) is 0 Å². The molecule has 0 aliphatic carbocycles. The molecule has 2 aromatic rings. The molecule has 1 aliphatic rings. The normalized spacial score (nSPS) is 17.8. The first-order chi connectivity index (χ1) is 10.1. The SMILES string of the molecule is Cc1ccc2oc(C(=O)NCC3(C)CCNCC3)cc2n1. The molecule has 0 bridgehead atoms. The van der Waals surface area contributed by atoms with Crippen LogP contribution in [0.3, 0.4) is 0 Å². The molecule has 0 unspecified atom stereocenters. The molecule has 5 nitrogen and oxygen atoms in total. The zero-order chi connectivity index (χ0) is 14.9. The third kappa shape index (κ3) is 3.08. The number of aromatic nitrogens is 1. The van der Waals surface area contributed by atoms with Gasteiger partial charge in [-0.05, 0) is 50.4 Å². The summed E-state index contributed by atoms with van der Waals surface area (Å²) in [6.07, 6.45) is 2.16. The van der Waals surface area contributed by atoms with Gasteiger partial charge in [0.05, 0.1) is 0 Å². The molecule has 0 radical (unpaired) electrons. The smallest absolute Gasteiger partial charge is 0.287 e. The lowest BCUT2D eigenvalue weighted by atomic mass is 9.81. The van der Waals surface area contributed by atoms with Crippen LogP contribution < -0.4 is 10.6 Å². The first-order valence-corrected chi connectivity index (χ1v) is 7.42. The maximum atomic E-state index is 12.2. The van der Waals surface area contributed by atoms with E-state index < -0.39 is 0 Å². The quantitative estimate of drug-likeness (QED) is 0.908. The van der Waals surface area contributed by atoms with Gasteiger partial charge in [-0.3, -0.25) is 4.79 Å². The third-order valence-electron chi connectivity index (χ3n) is 4.22. The van der Waals surface area contributed by atoms with Gasteiger partial charge in [-0.15, -0.1) is 0 Å². The van der Waals surface area contributed by atoms with Gasteiger partial charge in [-0.25, -0.2) is 4.98 Å². The van der Waals surface area contributed by atoms with Crippen molar-refractivity contribution in [1.29, 1.82) is 0 Å². The zero-order valence-corrected chi connectivity index (χ0v) is 12.5. The molecule has 2 aromatic heterocycles. The second-order valence-electron chi connectivity index (χ2n) is 6.19. The number of nitrogens with one attached hydrogen (secondary N) is 2. The largest absolute Gasteiger partial charge is 0.449 e. The van der Waals surface area contributed by atoms with E-state index in [-0.39, 0.29) is 11.3 Å². The Kier molecular flexibility index (Phi) is 3.68. The summed E-state index contributed by atoms with van der Waals surface area (Å²) in [7, 11) is 0. The Bertz CT molecular complexity index is 657. The number of carbonyl (C=O) groups excluding carboxylic acids is 1. The molecule has 2 N–H and O–H groups in total. The van der Waals surface area contributed by atoms with Crippen LogP contribution >= 0.6 is 0 Å². The number of aryl methyl sites for hydroxylation is 1. The van der Waals surface area contributed by atoms with E-state index in [1.54, 1.807) is 6.07 Å². The zero-order valence-electron chi connectivity index (χ0n) is 12.5. The molecule has 112 valence electrons. The Hall–Kier alpha value is -1.88. The summed E-state index contributed by atoms with van der Waals surface area (Å²) in [5, 5.41) is 6.34. The first-order valence-electron chi connectivity index (χ1n) is 7.42. The number of nitrogens with zero attached hydrogens (tertiary/aromatic N) is 1. The van der Waals surface area contributed by atoms with Crippen molar-refractivity contribution in [2.24, 2.45) is 5.41 Å². The Labute approximate surface area is 124 Å². The maximum Gasteiger partial charge on any atom is 0.287 e. The molecule has 0 saturated carbocycles. The number of fused-ring (bicyclic) bond motifs is 1. The topological polar surface area (TPSA) is 67.2 Å². The van der Waals surface area contributed by atoms with Crippen LogP contribution in [0.5, 0.6) is 0 Å². The van der Waals surface area contributed by atoms with Gasteiger partial charge < -0.3 is 15.1 Å². The lowest BCUT2D eigenvalue weighted by molar-refractivity contribution is 0.0896. The number of carbonyl (C=O) groups is 1. The average Bonchev–Trinajstić information content (AvgIpc) is 2.88. The number of amides is 1. The van der Waals surface area contributed by atoms with Gasteiger partial charge >= 0.3 is 0 Å². The van der Waals surface area contributed by atoms with E-state index in [0.29, 0.717) is 17.9 Å². The minimum absolute atomic E-state index is 0.162. The fraction of sp³-hybridized carbons (Fsp3) is 0.500. The molecule has 0 aromatic carbocycles. The van der Waals surface area contributed by atoms with Crippen LogP contribution in [0.2, 0.25) is 0 Å². The predicted octanol–water partition coefficient (Wildman–Crippen LogP) is 2.26. The highest BCUT2D eigenvalue weighted by atomic mass is 16.3. The van der Waals surface area contributed by atoms with Gasteiger partial charge in [-0.1, -0.05) is 6.92 Å². The first kappa shape index (κ1) is 14.1. The molecule has 1 amide bonds.